The highest BCUT2D eigenvalue weighted by Gasteiger charge is 2.09. The third-order valence-electron chi connectivity index (χ3n) is 2.60. The van der Waals surface area contributed by atoms with Crippen LogP contribution in [-0.4, -0.2) is 5.91 Å². The molecule has 0 saturated heterocycles. The van der Waals surface area contributed by atoms with Crippen molar-refractivity contribution in [3.63, 3.8) is 0 Å². The summed E-state index contributed by atoms with van der Waals surface area (Å²) < 4.78 is 0.976. The third-order valence-corrected chi connectivity index (χ3v) is 3.13. The number of nitrogens with one attached hydrogen (secondary N) is 1. The molecule has 18 heavy (non-hydrogen) atoms. The number of nitrogen functional groups attached to an aromatic ring is 1. The summed E-state index contributed by atoms with van der Waals surface area (Å²) in [4.78, 5) is 12.1. The lowest BCUT2D eigenvalue weighted by Crippen LogP contribution is -2.13. The summed E-state index contributed by atoms with van der Waals surface area (Å²) in [7, 11) is 0. The van der Waals surface area contributed by atoms with Crippen LogP contribution in [0, 0.1) is 6.92 Å². The van der Waals surface area contributed by atoms with Gasteiger partial charge < -0.3 is 11.1 Å². The van der Waals surface area contributed by atoms with E-state index in [-0.39, 0.29) is 5.91 Å². The second-order valence-corrected chi connectivity index (χ2v) is 4.95. The largest absolute Gasteiger partial charge is 0.399 e. The van der Waals surface area contributed by atoms with Gasteiger partial charge in [0.25, 0.3) is 5.91 Å². The van der Waals surface area contributed by atoms with Gasteiger partial charge >= 0.3 is 0 Å². The highest BCUT2D eigenvalue weighted by atomic mass is 79.9. The number of hydrogen-bond acceptors (Lipinski definition) is 2. The number of halogens is 1. The van der Waals surface area contributed by atoms with Gasteiger partial charge in [0.15, 0.2) is 0 Å². The second kappa shape index (κ2) is 5.23. The molecule has 0 aliphatic rings. The van der Waals surface area contributed by atoms with Gasteiger partial charge in [-0.05, 0) is 55.0 Å². The van der Waals surface area contributed by atoms with E-state index in [9.17, 15) is 4.79 Å². The van der Waals surface area contributed by atoms with Gasteiger partial charge in [0.2, 0.25) is 0 Å². The molecule has 0 unspecified atom stereocenters. The molecule has 0 bridgehead atoms. The van der Waals surface area contributed by atoms with Crippen LogP contribution in [0.1, 0.15) is 15.9 Å². The predicted octanol–water partition coefficient (Wildman–Crippen LogP) is 3.59. The molecule has 3 nitrogen and oxygen atoms in total. The molecule has 3 N–H and O–H groups in total. The van der Waals surface area contributed by atoms with E-state index in [1.54, 1.807) is 18.2 Å². The van der Waals surface area contributed by atoms with Crippen LogP contribution in [0.5, 0.6) is 0 Å². The Morgan fingerprint density at radius 2 is 1.83 bits per heavy atom. The Bertz CT molecular complexity index is 579. The van der Waals surface area contributed by atoms with Gasteiger partial charge in [0, 0.05) is 21.4 Å². The Kier molecular flexibility index (Phi) is 3.67. The van der Waals surface area contributed by atoms with E-state index in [1.807, 2.05) is 31.2 Å². The van der Waals surface area contributed by atoms with Crippen LogP contribution < -0.4 is 11.1 Å². The Morgan fingerprint density at radius 1 is 1.17 bits per heavy atom. The molecule has 1 amide bonds. The van der Waals surface area contributed by atoms with Crippen LogP contribution >= 0.6 is 15.9 Å². The molecule has 0 aliphatic carbocycles. The fourth-order valence-corrected chi connectivity index (χ4v) is 1.94. The Labute approximate surface area is 114 Å². The van der Waals surface area contributed by atoms with Crippen LogP contribution in [0.15, 0.2) is 46.9 Å². The van der Waals surface area contributed by atoms with Crippen molar-refractivity contribution in [1.29, 1.82) is 0 Å². The first-order chi connectivity index (χ1) is 8.56. The molecule has 0 aromatic heterocycles. The average Bonchev–Trinajstić information content (AvgIpc) is 2.32. The summed E-state index contributed by atoms with van der Waals surface area (Å²) in [6.07, 6.45) is 0. The maximum absolute atomic E-state index is 12.1. The van der Waals surface area contributed by atoms with Crippen LogP contribution in [-0.2, 0) is 0 Å². The number of nitrogens with two attached hydrogens (primary N) is 1. The number of rotatable bonds is 2. The minimum absolute atomic E-state index is 0.130. The Hall–Kier alpha value is -1.81. The standard InChI is InChI=1S/C14H13BrN2O/c1-9-8-11(16)4-7-13(9)14(18)17-12-5-2-10(15)3-6-12/h2-8H,16H2,1H3,(H,17,18). The van der Waals surface area contributed by atoms with Crippen LogP contribution in [0.25, 0.3) is 0 Å². The zero-order valence-corrected chi connectivity index (χ0v) is 11.5. The van der Waals surface area contributed by atoms with E-state index >= 15 is 0 Å². The maximum atomic E-state index is 12.1. The van der Waals surface area contributed by atoms with Crippen molar-refractivity contribution in [2.75, 3.05) is 11.1 Å². The van der Waals surface area contributed by atoms with Gasteiger partial charge in [-0.15, -0.1) is 0 Å². The third kappa shape index (κ3) is 2.90. The van der Waals surface area contributed by atoms with E-state index < -0.39 is 0 Å². The summed E-state index contributed by atoms with van der Waals surface area (Å²) >= 11 is 3.35. The van der Waals surface area contributed by atoms with Gasteiger partial charge in [-0.25, -0.2) is 0 Å². The highest BCUT2D eigenvalue weighted by Crippen LogP contribution is 2.17. The normalized spacial score (nSPS) is 10.1. The van der Waals surface area contributed by atoms with E-state index in [0.29, 0.717) is 11.3 Å². The van der Waals surface area contributed by atoms with E-state index in [0.717, 1.165) is 15.7 Å². The first-order valence-electron chi connectivity index (χ1n) is 5.49. The number of carbonyl (C=O) groups is 1. The second-order valence-electron chi connectivity index (χ2n) is 4.04. The van der Waals surface area contributed by atoms with Crippen molar-refractivity contribution in [3.8, 4) is 0 Å². The summed E-state index contributed by atoms with van der Waals surface area (Å²) in [5, 5.41) is 2.85. The van der Waals surface area contributed by atoms with E-state index in [1.165, 1.54) is 0 Å². The van der Waals surface area contributed by atoms with Gasteiger partial charge in [-0.3, -0.25) is 4.79 Å². The lowest BCUT2D eigenvalue weighted by atomic mass is 10.1. The monoisotopic (exact) mass is 304 g/mol. The van der Waals surface area contributed by atoms with Crippen molar-refractivity contribution in [1.82, 2.24) is 0 Å². The Morgan fingerprint density at radius 3 is 2.44 bits per heavy atom. The molecular weight excluding hydrogens is 292 g/mol. The number of carbonyl (C=O) groups excluding carboxylic acids is 1. The summed E-state index contributed by atoms with van der Waals surface area (Å²) in [5.41, 5.74) is 8.58. The van der Waals surface area contributed by atoms with Crippen LogP contribution in [0.2, 0.25) is 0 Å². The molecule has 4 heteroatoms. The van der Waals surface area contributed by atoms with Gasteiger partial charge in [0.05, 0.1) is 0 Å². The van der Waals surface area contributed by atoms with Crippen molar-refractivity contribution in [3.05, 3.63) is 58.1 Å². The molecule has 0 heterocycles. The molecule has 92 valence electrons. The van der Waals surface area contributed by atoms with Crippen LogP contribution in [0.4, 0.5) is 11.4 Å². The fourth-order valence-electron chi connectivity index (χ4n) is 1.67. The molecule has 2 aromatic carbocycles. The minimum atomic E-state index is -0.130. The lowest BCUT2D eigenvalue weighted by molar-refractivity contribution is 0.102. The SMILES string of the molecule is Cc1cc(N)ccc1C(=O)Nc1ccc(Br)cc1. The number of hydrogen-bond donors (Lipinski definition) is 2. The predicted molar refractivity (Wildman–Crippen MR) is 77.7 cm³/mol. The first kappa shape index (κ1) is 12.6. The number of aryl methyl sites for hydroxylation is 1. The summed E-state index contributed by atoms with van der Waals surface area (Å²) in [6.45, 7) is 1.87. The van der Waals surface area contributed by atoms with Crippen molar-refractivity contribution >= 4 is 33.2 Å². The first-order valence-corrected chi connectivity index (χ1v) is 6.28. The van der Waals surface area contributed by atoms with Crippen molar-refractivity contribution in [2.24, 2.45) is 0 Å². The van der Waals surface area contributed by atoms with Gasteiger partial charge in [-0.2, -0.15) is 0 Å². The minimum Gasteiger partial charge on any atom is -0.399 e. The smallest absolute Gasteiger partial charge is 0.255 e. The van der Waals surface area contributed by atoms with Crippen molar-refractivity contribution < 1.29 is 4.79 Å². The van der Waals surface area contributed by atoms with Gasteiger partial charge in [-0.1, -0.05) is 15.9 Å². The number of benzene rings is 2. The molecule has 0 radical (unpaired) electrons. The fraction of sp³-hybridized carbons (Fsp3) is 0.0714. The zero-order valence-electron chi connectivity index (χ0n) is 9.91. The molecule has 2 aromatic rings. The maximum Gasteiger partial charge on any atom is 0.255 e. The molecule has 0 atom stereocenters. The quantitative estimate of drug-likeness (QED) is 0.833. The lowest BCUT2D eigenvalue weighted by Gasteiger charge is -2.08. The molecule has 0 fully saturated rings. The molecular formula is C14H13BrN2O. The molecule has 0 spiro atoms. The molecule has 2 rings (SSSR count). The highest BCUT2D eigenvalue weighted by molar-refractivity contribution is 9.10. The average molecular weight is 305 g/mol. The zero-order chi connectivity index (χ0) is 13.1. The summed E-state index contributed by atoms with van der Waals surface area (Å²) in [6, 6.07) is 12.7. The Balaban J connectivity index is 2.19. The topological polar surface area (TPSA) is 55.1 Å². The number of anilines is 2. The van der Waals surface area contributed by atoms with Gasteiger partial charge in [0.1, 0.15) is 0 Å². The van der Waals surface area contributed by atoms with Crippen molar-refractivity contribution in [2.45, 2.75) is 6.92 Å². The van der Waals surface area contributed by atoms with Crippen LogP contribution in [0.3, 0.4) is 0 Å². The molecule has 0 saturated carbocycles. The summed E-state index contributed by atoms with van der Waals surface area (Å²) in [5.74, 6) is -0.130. The molecule has 0 aliphatic heterocycles. The van der Waals surface area contributed by atoms with E-state index in [4.69, 9.17) is 5.73 Å². The number of amides is 1. The van der Waals surface area contributed by atoms with E-state index in [2.05, 4.69) is 21.2 Å².